The first kappa shape index (κ1) is 16.0. The Morgan fingerprint density at radius 1 is 1.18 bits per heavy atom. The Labute approximate surface area is 132 Å². The lowest BCUT2D eigenvalue weighted by molar-refractivity contribution is -0.385. The highest BCUT2D eigenvalue weighted by molar-refractivity contribution is 7.99. The Kier molecular flexibility index (Phi) is 5.97. The van der Waals surface area contributed by atoms with E-state index in [4.69, 9.17) is 0 Å². The number of thioether (sulfide) groups is 1. The number of nitrogens with one attached hydrogen (secondary N) is 1. The molecule has 114 valence electrons. The van der Waals surface area contributed by atoms with Crippen LogP contribution in [-0.4, -0.2) is 17.1 Å². The van der Waals surface area contributed by atoms with Gasteiger partial charge in [-0.25, -0.2) is 0 Å². The van der Waals surface area contributed by atoms with Gasteiger partial charge in [-0.2, -0.15) is 0 Å². The van der Waals surface area contributed by atoms with Gasteiger partial charge >= 0.3 is 0 Å². The van der Waals surface area contributed by atoms with E-state index in [1.54, 1.807) is 17.8 Å². The van der Waals surface area contributed by atoms with Crippen molar-refractivity contribution in [1.29, 1.82) is 0 Å². The van der Waals surface area contributed by atoms with Crippen LogP contribution < -0.4 is 5.32 Å². The molecule has 0 aliphatic heterocycles. The highest BCUT2D eigenvalue weighted by Gasteiger charge is 2.10. The molecule has 1 N–H and O–H groups in total. The van der Waals surface area contributed by atoms with Crippen molar-refractivity contribution in [3.05, 3.63) is 64.2 Å². The molecule has 2 aromatic rings. The third kappa shape index (κ3) is 4.89. The fourth-order valence-electron chi connectivity index (χ4n) is 2.03. The maximum absolute atomic E-state index is 10.9. The lowest BCUT2D eigenvalue weighted by Gasteiger charge is -2.05. The summed E-state index contributed by atoms with van der Waals surface area (Å²) in [4.78, 5) is 21.7. The first-order chi connectivity index (χ1) is 10.7. The second-order valence-corrected chi connectivity index (χ2v) is 5.84. The van der Waals surface area contributed by atoms with Crippen molar-refractivity contribution in [1.82, 2.24) is 0 Å². The highest BCUT2D eigenvalue weighted by atomic mass is 32.2. The van der Waals surface area contributed by atoms with Gasteiger partial charge < -0.3 is 5.32 Å². The van der Waals surface area contributed by atoms with Crippen molar-refractivity contribution in [2.24, 2.45) is 0 Å². The Morgan fingerprint density at radius 2 is 1.95 bits per heavy atom. The zero-order valence-electron chi connectivity index (χ0n) is 11.9. The summed E-state index contributed by atoms with van der Waals surface area (Å²) in [6.45, 7) is 0. The van der Waals surface area contributed by atoms with Crippen LogP contribution in [0.4, 0.5) is 11.4 Å². The van der Waals surface area contributed by atoms with Crippen LogP contribution in [0.25, 0.3) is 0 Å². The number of rotatable bonds is 8. The lowest BCUT2D eigenvalue weighted by atomic mass is 10.1. The topological polar surface area (TPSA) is 72.2 Å². The molecular formula is C16H16N2O3S. The fraction of sp³-hybridized carbons (Fsp3) is 0.188. The number of nitro groups is 1. The summed E-state index contributed by atoms with van der Waals surface area (Å²) in [5.74, 6) is 0.858. The van der Waals surface area contributed by atoms with Crippen LogP contribution in [0, 0.1) is 10.1 Å². The van der Waals surface area contributed by atoms with E-state index in [1.165, 1.54) is 17.7 Å². The van der Waals surface area contributed by atoms with E-state index in [0.29, 0.717) is 12.1 Å². The molecule has 0 aliphatic carbocycles. The van der Waals surface area contributed by atoms with Crippen molar-refractivity contribution in [3.63, 3.8) is 0 Å². The van der Waals surface area contributed by atoms with E-state index in [-0.39, 0.29) is 5.69 Å². The normalized spacial score (nSPS) is 10.2. The Hall–Kier alpha value is -2.34. The molecule has 0 fully saturated rings. The summed E-state index contributed by atoms with van der Waals surface area (Å²) < 4.78 is 0. The zero-order chi connectivity index (χ0) is 15.8. The van der Waals surface area contributed by atoms with Crippen LogP contribution in [0.2, 0.25) is 0 Å². The van der Waals surface area contributed by atoms with E-state index in [0.717, 1.165) is 23.5 Å². The summed E-state index contributed by atoms with van der Waals surface area (Å²) in [5.41, 5.74) is 1.71. The van der Waals surface area contributed by atoms with E-state index in [9.17, 15) is 14.9 Å². The number of carbonyl (C=O) groups excluding carboxylic acids is 1. The first-order valence-electron chi connectivity index (χ1n) is 6.85. The minimum atomic E-state index is -0.454. The summed E-state index contributed by atoms with van der Waals surface area (Å²) in [5, 5.41) is 13.4. The van der Waals surface area contributed by atoms with Crippen LogP contribution in [0.15, 0.2) is 53.4 Å². The van der Waals surface area contributed by atoms with Crippen molar-refractivity contribution in [2.45, 2.75) is 17.7 Å². The molecule has 0 saturated heterocycles. The van der Waals surface area contributed by atoms with Crippen LogP contribution >= 0.6 is 11.8 Å². The smallest absolute Gasteiger partial charge is 0.272 e. The number of nitrogens with zero attached hydrogens (tertiary/aromatic N) is 1. The SMILES string of the molecule is O=CNc1cc(SCCCc2ccccc2)cc([N+](=O)[O-])c1. The largest absolute Gasteiger partial charge is 0.328 e. The van der Waals surface area contributed by atoms with Crippen molar-refractivity contribution in [3.8, 4) is 0 Å². The van der Waals surface area contributed by atoms with E-state index in [1.807, 2.05) is 18.2 Å². The van der Waals surface area contributed by atoms with Crippen molar-refractivity contribution in [2.75, 3.05) is 11.1 Å². The summed E-state index contributed by atoms with van der Waals surface area (Å²) in [6.07, 6.45) is 2.47. The van der Waals surface area contributed by atoms with Gasteiger partial charge in [0.1, 0.15) is 0 Å². The number of carbonyl (C=O) groups is 1. The van der Waals surface area contributed by atoms with Gasteiger partial charge in [0.15, 0.2) is 0 Å². The average Bonchev–Trinajstić information content (AvgIpc) is 2.53. The predicted octanol–water partition coefficient (Wildman–Crippen LogP) is 3.89. The summed E-state index contributed by atoms with van der Waals surface area (Å²) in [7, 11) is 0. The van der Waals surface area contributed by atoms with E-state index < -0.39 is 4.92 Å². The van der Waals surface area contributed by atoms with Crippen LogP contribution in [0.3, 0.4) is 0 Å². The van der Waals surface area contributed by atoms with Gasteiger partial charge in [-0.15, -0.1) is 11.8 Å². The lowest BCUT2D eigenvalue weighted by Crippen LogP contribution is -1.96. The molecule has 0 spiro atoms. The van der Waals surface area contributed by atoms with Crippen molar-refractivity contribution >= 4 is 29.5 Å². The fourth-order valence-corrected chi connectivity index (χ4v) is 2.97. The Bertz CT molecular complexity index is 647. The Morgan fingerprint density at radius 3 is 2.64 bits per heavy atom. The summed E-state index contributed by atoms with van der Waals surface area (Å²) >= 11 is 1.55. The second-order valence-electron chi connectivity index (χ2n) is 4.67. The molecule has 5 nitrogen and oxygen atoms in total. The standard InChI is InChI=1S/C16H16N2O3S/c19-12-17-14-9-15(18(20)21)11-16(10-14)22-8-4-7-13-5-2-1-3-6-13/h1-3,5-6,9-12H,4,7-8H2,(H,17,19). The molecule has 2 rings (SSSR count). The molecule has 0 aliphatic rings. The number of aryl methyl sites for hydroxylation is 1. The van der Waals surface area contributed by atoms with Crippen molar-refractivity contribution < 1.29 is 9.72 Å². The number of hydrogen-bond donors (Lipinski definition) is 1. The van der Waals surface area contributed by atoms with Gasteiger partial charge in [-0.1, -0.05) is 30.3 Å². The molecule has 1 amide bonds. The van der Waals surface area contributed by atoms with Gasteiger partial charge in [-0.05, 0) is 30.2 Å². The average molecular weight is 316 g/mol. The first-order valence-corrected chi connectivity index (χ1v) is 7.84. The molecule has 22 heavy (non-hydrogen) atoms. The highest BCUT2D eigenvalue weighted by Crippen LogP contribution is 2.28. The quantitative estimate of drug-likeness (QED) is 0.264. The van der Waals surface area contributed by atoms with E-state index in [2.05, 4.69) is 17.4 Å². The molecule has 6 heteroatoms. The van der Waals surface area contributed by atoms with Crippen LogP contribution in [-0.2, 0) is 11.2 Å². The minimum absolute atomic E-state index is 0.0163. The molecule has 0 atom stereocenters. The number of nitro benzene ring substituents is 1. The number of benzene rings is 2. The van der Waals surface area contributed by atoms with Crippen LogP contribution in [0.5, 0.6) is 0 Å². The second kappa shape index (κ2) is 8.19. The molecule has 0 unspecified atom stereocenters. The van der Waals surface area contributed by atoms with Gasteiger partial charge in [-0.3, -0.25) is 14.9 Å². The predicted molar refractivity (Wildman–Crippen MR) is 88.3 cm³/mol. The molecule has 0 aromatic heterocycles. The monoisotopic (exact) mass is 316 g/mol. The molecule has 2 aromatic carbocycles. The number of anilines is 1. The minimum Gasteiger partial charge on any atom is -0.328 e. The molecule has 0 bridgehead atoms. The molecule has 0 saturated carbocycles. The third-order valence-corrected chi connectivity index (χ3v) is 4.11. The third-order valence-electron chi connectivity index (χ3n) is 3.05. The molecule has 0 radical (unpaired) electrons. The number of hydrogen-bond acceptors (Lipinski definition) is 4. The molecular weight excluding hydrogens is 300 g/mol. The van der Waals surface area contributed by atoms with Gasteiger partial charge in [0.25, 0.3) is 5.69 Å². The summed E-state index contributed by atoms with van der Waals surface area (Å²) in [6, 6.07) is 14.8. The van der Waals surface area contributed by atoms with Crippen LogP contribution in [0.1, 0.15) is 12.0 Å². The number of amides is 1. The maximum Gasteiger partial charge on any atom is 0.272 e. The van der Waals surface area contributed by atoms with Gasteiger partial charge in [0.2, 0.25) is 6.41 Å². The molecule has 0 heterocycles. The van der Waals surface area contributed by atoms with Gasteiger partial charge in [0, 0.05) is 22.7 Å². The Balaban J connectivity index is 1.93. The number of non-ortho nitro benzene ring substituents is 1. The van der Waals surface area contributed by atoms with Gasteiger partial charge in [0.05, 0.1) is 4.92 Å². The zero-order valence-corrected chi connectivity index (χ0v) is 12.7. The van der Waals surface area contributed by atoms with E-state index >= 15 is 0 Å². The maximum atomic E-state index is 10.9.